The number of carbonyl (C=O) groups is 1. The second-order valence-electron chi connectivity index (χ2n) is 2.88. The summed E-state index contributed by atoms with van der Waals surface area (Å²) in [6.45, 7) is 4.79. The largest absolute Gasteiger partial charge is 0.366 e. The van der Waals surface area contributed by atoms with E-state index in [1.165, 1.54) is 0 Å². The third kappa shape index (κ3) is 2.77. The molecular formula is C7H15N3O2. The van der Waals surface area contributed by atoms with E-state index in [1.807, 2.05) is 0 Å². The van der Waals surface area contributed by atoms with Crippen molar-refractivity contribution in [3.8, 4) is 0 Å². The van der Waals surface area contributed by atoms with Crippen LogP contribution in [0.3, 0.4) is 0 Å². The van der Waals surface area contributed by atoms with E-state index >= 15 is 0 Å². The van der Waals surface area contributed by atoms with Crippen LogP contribution >= 0.6 is 0 Å². The first kappa shape index (κ1) is 9.44. The van der Waals surface area contributed by atoms with Gasteiger partial charge in [0, 0.05) is 26.2 Å². The van der Waals surface area contributed by atoms with Crippen molar-refractivity contribution in [2.45, 2.75) is 13.0 Å². The Bertz CT molecular complexity index is 155. The number of hydroxylamine groups is 2. The maximum Gasteiger partial charge on any atom is 0.341 e. The Morgan fingerprint density at radius 1 is 1.58 bits per heavy atom. The maximum absolute atomic E-state index is 11.0. The van der Waals surface area contributed by atoms with Gasteiger partial charge in [-0.1, -0.05) is 0 Å². The van der Waals surface area contributed by atoms with Crippen LogP contribution in [0.15, 0.2) is 0 Å². The summed E-state index contributed by atoms with van der Waals surface area (Å²) >= 11 is 0. The summed E-state index contributed by atoms with van der Waals surface area (Å²) < 4.78 is 0. The van der Waals surface area contributed by atoms with Crippen molar-refractivity contribution in [2.75, 3.05) is 26.2 Å². The second kappa shape index (κ2) is 4.39. The van der Waals surface area contributed by atoms with E-state index in [0.29, 0.717) is 0 Å². The minimum absolute atomic E-state index is 0.364. The third-order valence-electron chi connectivity index (χ3n) is 1.67. The Balaban J connectivity index is 2.24. The SMILES string of the molecule is C[C@H](N)C(=O)ON1CCNCC1. The van der Waals surface area contributed by atoms with E-state index < -0.39 is 6.04 Å². The van der Waals surface area contributed by atoms with Crippen LogP contribution in [0, 0.1) is 0 Å². The lowest BCUT2D eigenvalue weighted by Gasteiger charge is -2.26. The minimum atomic E-state index is -0.542. The van der Waals surface area contributed by atoms with Gasteiger partial charge in [0.15, 0.2) is 0 Å². The third-order valence-corrected chi connectivity index (χ3v) is 1.67. The molecule has 70 valence electrons. The van der Waals surface area contributed by atoms with Crippen LogP contribution in [0.5, 0.6) is 0 Å². The van der Waals surface area contributed by atoms with E-state index in [-0.39, 0.29) is 5.97 Å². The Hall–Kier alpha value is -0.650. The van der Waals surface area contributed by atoms with Crippen molar-refractivity contribution >= 4 is 5.97 Å². The molecule has 0 unspecified atom stereocenters. The van der Waals surface area contributed by atoms with Gasteiger partial charge in [-0.15, -0.1) is 5.06 Å². The van der Waals surface area contributed by atoms with Crippen LogP contribution in [0.2, 0.25) is 0 Å². The highest BCUT2D eigenvalue weighted by molar-refractivity contribution is 5.74. The molecule has 5 heteroatoms. The fourth-order valence-electron chi connectivity index (χ4n) is 0.946. The van der Waals surface area contributed by atoms with Crippen LogP contribution in [-0.2, 0) is 9.63 Å². The van der Waals surface area contributed by atoms with Crippen molar-refractivity contribution in [2.24, 2.45) is 5.73 Å². The Morgan fingerprint density at radius 3 is 2.67 bits per heavy atom. The molecule has 1 saturated heterocycles. The number of carbonyl (C=O) groups excluding carboxylic acids is 1. The van der Waals surface area contributed by atoms with Gasteiger partial charge in [0.2, 0.25) is 0 Å². The normalized spacial score (nSPS) is 21.8. The molecule has 0 radical (unpaired) electrons. The molecule has 1 aliphatic heterocycles. The maximum atomic E-state index is 11.0. The number of hydrogen-bond donors (Lipinski definition) is 2. The van der Waals surface area contributed by atoms with Crippen molar-refractivity contribution in [3.63, 3.8) is 0 Å². The number of nitrogens with one attached hydrogen (secondary N) is 1. The molecule has 1 aliphatic rings. The van der Waals surface area contributed by atoms with Gasteiger partial charge in [0.25, 0.3) is 0 Å². The molecule has 5 nitrogen and oxygen atoms in total. The summed E-state index contributed by atoms with van der Waals surface area (Å²) in [5.74, 6) is -0.364. The molecular weight excluding hydrogens is 158 g/mol. The van der Waals surface area contributed by atoms with Crippen LogP contribution < -0.4 is 11.1 Å². The van der Waals surface area contributed by atoms with Crippen molar-refractivity contribution in [1.82, 2.24) is 10.4 Å². The van der Waals surface area contributed by atoms with Crippen molar-refractivity contribution in [1.29, 1.82) is 0 Å². The van der Waals surface area contributed by atoms with Gasteiger partial charge in [-0.25, -0.2) is 4.79 Å². The summed E-state index contributed by atoms with van der Waals surface area (Å²) in [6.07, 6.45) is 0. The van der Waals surface area contributed by atoms with E-state index in [2.05, 4.69) is 5.32 Å². The first-order valence-corrected chi connectivity index (χ1v) is 4.13. The van der Waals surface area contributed by atoms with Crippen LogP contribution in [0.1, 0.15) is 6.92 Å². The molecule has 1 fully saturated rings. The quantitative estimate of drug-likeness (QED) is 0.543. The van der Waals surface area contributed by atoms with E-state index in [1.54, 1.807) is 12.0 Å². The van der Waals surface area contributed by atoms with E-state index in [4.69, 9.17) is 10.6 Å². The summed E-state index contributed by atoms with van der Waals surface area (Å²) in [5, 5.41) is 4.79. The van der Waals surface area contributed by atoms with Crippen LogP contribution in [0.25, 0.3) is 0 Å². The molecule has 0 amide bonds. The molecule has 0 saturated carbocycles. The zero-order valence-electron chi connectivity index (χ0n) is 7.25. The molecule has 0 spiro atoms. The van der Waals surface area contributed by atoms with E-state index in [9.17, 15) is 4.79 Å². The number of nitrogens with zero attached hydrogens (tertiary/aromatic N) is 1. The van der Waals surface area contributed by atoms with Crippen LogP contribution in [0.4, 0.5) is 0 Å². The lowest BCUT2D eigenvalue weighted by molar-refractivity contribution is -0.193. The van der Waals surface area contributed by atoms with Gasteiger partial charge in [-0.2, -0.15) is 0 Å². The van der Waals surface area contributed by atoms with Crippen molar-refractivity contribution < 1.29 is 9.63 Å². The predicted octanol–water partition coefficient (Wildman–Crippen LogP) is -1.30. The zero-order chi connectivity index (χ0) is 8.97. The highest BCUT2D eigenvalue weighted by Gasteiger charge is 2.16. The molecule has 0 bridgehead atoms. The summed E-state index contributed by atoms with van der Waals surface area (Å²) in [6, 6.07) is -0.542. The Labute approximate surface area is 71.8 Å². The molecule has 0 aromatic heterocycles. The first-order valence-electron chi connectivity index (χ1n) is 4.13. The summed E-state index contributed by atoms with van der Waals surface area (Å²) in [5.41, 5.74) is 5.34. The summed E-state index contributed by atoms with van der Waals surface area (Å²) in [7, 11) is 0. The average Bonchev–Trinajstić information content (AvgIpc) is 2.06. The molecule has 0 aliphatic carbocycles. The Kier molecular flexibility index (Phi) is 3.46. The number of piperazine rings is 1. The first-order chi connectivity index (χ1) is 5.70. The Morgan fingerprint density at radius 2 is 2.17 bits per heavy atom. The number of rotatable bonds is 2. The van der Waals surface area contributed by atoms with Gasteiger partial charge in [-0.05, 0) is 6.92 Å². The van der Waals surface area contributed by atoms with E-state index in [0.717, 1.165) is 26.2 Å². The smallest absolute Gasteiger partial charge is 0.341 e. The molecule has 1 atom stereocenters. The predicted molar refractivity (Wildman–Crippen MR) is 44.2 cm³/mol. The molecule has 1 rings (SSSR count). The van der Waals surface area contributed by atoms with Gasteiger partial charge in [0.1, 0.15) is 6.04 Å². The van der Waals surface area contributed by atoms with Gasteiger partial charge in [-0.3, -0.25) is 0 Å². The lowest BCUT2D eigenvalue weighted by Crippen LogP contribution is -2.46. The summed E-state index contributed by atoms with van der Waals surface area (Å²) in [4.78, 5) is 16.0. The standard InChI is InChI=1S/C7H15N3O2/c1-6(8)7(11)12-10-4-2-9-3-5-10/h6,9H,2-5,8H2,1H3/t6-/m0/s1. The fourth-order valence-corrected chi connectivity index (χ4v) is 0.946. The highest BCUT2D eigenvalue weighted by Crippen LogP contribution is 1.95. The molecule has 0 aromatic carbocycles. The number of nitrogens with two attached hydrogens (primary N) is 1. The molecule has 12 heavy (non-hydrogen) atoms. The minimum Gasteiger partial charge on any atom is -0.366 e. The monoisotopic (exact) mass is 173 g/mol. The van der Waals surface area contributed by atoms with Gasteiger partial charge >= 0.3 is 5.97 Å². The van der Waals surface area contributed by atoms with Crippen LogP contribution in [-0.4, -0.2) is 43.3 Å². The second-order valence-corrected chi connectivity index (χ2v) is 2.88. The fraction of sp³-hybridized carbons (Fsp3) is 0.857. The van der Waals surface area contributed by atoms with Gasteiger partial charge < -0.3 is 15.9 Å². The molecule has 0 aromatic rings. The van der Waals surface area contributed by atoms with Crippen molar-refractivity contribution in [3.05, 3.63) is 0 Å². The topological polar surface area (TPSA) is 67.6 Å². The molecule has 3 N–H and O–H groups in total. The lowest BCUT2D eigenvalue weighted by atomic mass is 10.4. The molecule has 1 heterocycles. The highest BCUT2D eigenvalue weighted by atomic mass is 16.7. The average molecular weight is 173 g/mol. The van der Waals surface area contributed by atoms with Gasteiger partial charge in [0.05, 0.1) is 0 Å². The number of hydrogen-bond acceptors (Lipinski definition) is 5. The zero-order valence-corrected chi connectivity index (χ0v) is 7.25.